The van der Waals surface area contributed by atoms with Crippen LogP contribution in [-0.4, -0.2) is 37.7 Å². The van der Waals surface area contributed by atoms with Crippen LogP contribution in [0.15, 0.2) is 30.3 Å². The van der Waals surface area contributed by atoms with Crippen LogP contribution < -0.4 is 0 Å². The maximum absolute atomic E-state index is 5.33. The first-order chi connectivity index (χ1) is 8.25. The number of hydrogen-bond acceptors (Lipinski definition) is 2. The third-order valence-corrected chi connectivity index (χ3v) is 4.05. The maximum atomic E-state index is 5.33. The van der Waals surface area contributed by atoms with Gasteiger partial charge in [-0.3, -0.25) is 0 Å². The summed E-state index contributed by atoms with van der Waals surface area (Å²) in [6.45, 7) is 7.90. The van der Waals surface area contributed by atoms with Crippen molar-refractivity contribution in [1.82, 2.24) is 4.90 Å². The summed E-state index contributed by atoms with van der Waals surface area (Å²) in [6.07, 6.45) is 1.31. The van der Waals surface area contributed by atoms with Crippen LogP contribution in [0.1, 0.15) is 24.8 Å². The van der Waals surface area contributed by atoms with Crippen LogP contribution in [-0.2, 0) is 4.74 Å². The SMILES string of the molecule is CC1(CN2CC[C@@H](c3ccccc3)C2)COC1. The van der Waals surface area contributed by atoms with Gasteiger partial charge in [-0.15, -0.1) is 0 Å². The Morgan fingerprint density at radius 1 is 1.29 bits per heavy atom. The second kappa shape index (κ2) is 4.43. The van der Waals surface area contributed by atoms with E-state index < -0.39 is 0 Å². The number of ether oxygens (including phenoxy) is 1. The van der Waals surface area contributed by atoms with Gasteiger partial charge in [0.15, 0.2) is 0 Å². The number of hydrogen-bond donors (Lipinski definition) is 0. The van der Waals surface area contributed by atoms with Crippen LogP contribution in [0.4, 0.5) is 0 Å². The van der Waals surface area contributed by atoms with E-state index in [1.807, 2.05) is 0 Å². The molecule has 0 spiro atoms. The molecular formula is C15H21NO. The van der Waals surface area contributed by atoms with Crippen molar-refractivity contribution in [2.24, 2.45) is 5.41 Å². The molecule has 2 fully saturated rings. The molecule has 2 aliphatic heterocycles. The van der Waals surface area contributed by atoms with Gasteiger partial charge in [0.2, 0.25) is 0 Å². The fraction of sp³-hybridized carbons (Fsp3) is 0.600. The van der Waals surface area contributed by atoms with E-state index in [0.29, 0.717) is 5.41 Å². The van der Waals surface area contributed by atoms with E-state index >= 15 is 0 Å². The molecule has 0 aromatic heterocycles. The first kappa shape index (κ1) is 11.2. The first-order valence-electron chi connectivity index (χ1n) is 6.60. The van der Waals surface area contributed by atoms with E-state index in [-0.39, 0.29) is 0 Å². The van der Waals surface area contributed by atoms with Crippen molar-refractivity contribution in [3.63, 3.8) is 0 Å². The first-order valence-corrected chi connectivity index (χ1v) is 6.60. The highest BCUT2D eigenvalue weighted by atomic mass is 16.5. The molecule has 1 aromatic rings. The van der Waals surface area contributed by atoms with Crippen molar-refractivity contribution >= 4 is 0 Å². The molecule has 1 atom stereocenters. The summed E-state index contributed by atoms with van der Waals surface area (Å²) in [7, 11) is 0. The van der Waals surface area contributed by atoms with Crippen LogP contribution in [0.3, 0.4) is 0 Å². The molecule has 2 aliphatic rings. The van der Waals surface area contributed by atoms with Crippen LogP contribution in [0.2, 0.25) is 0 Å². The molecule has 0 amide bonds. The topological polar surface area (TPSA) is 12.5 Å². The van der Waals surface area contributed by atoms with Gasteiger partial charge in [-0.05, 0) is 24.4 Å². The Bertz CT molecular complexity index is 372. The van der Waals surface area contributed by atoms with Gasteiger partial charge in [0.1, 0.15) is 0 Å². The van der Waals surface area contributed by atoms with Gasteiger partial charge in [-0.25, -0.2) is 0 Å². The minimum atomic E-state index is 0.422. The molecule has 0 N–H and O–H groups in total. The Morgan fingerprint density at radius 3 is 2.71 bits per heavy atom. The average molecular weight is 231 g/mol. The quantitative estimate of drug-likeness (QED) is 0.792. The van der Waals surface area contributed by atoms with E-state index in [2.05, 4.69) is 42.2 Å². The Balaban J connectivity index is 1.58. The van der Waals surface area contributed by atoms with Gasteiger partial charge in [0, 0.05) is 18.5 Å². The van der Waals surface area contributed by atoms with Crippen LogP contribution in [0, 0.1) is 5.41 Å². The molecule has 0 aliphatic carbocycles. The molecular weight excluding hydrogens is 210 g/mol. The maximum Gasteiger partial charge on any atom is 0.0554 e. The number of benzene rings is 1. The van der Waals surface area contributed by atoms with Crippen LogP contribution >= 0.6 is 0 Å². The summed E-state index contributed by atoms with van der Waals surface area (Å²) >= 11 is 0. The Kier molecular flexibility index (Phi) is 2.93. The number of likely N-dealkylation sites (tertiary alicyclic amines) is 1. The largest absolute Gasteiger partial charge is 0.380 e. The number of rotatable bonds is 3. The third-order valence-electron chi connectivity index (χ3n) is 4.05. The van der Waals surface area contributed by atoms with Crippen molar-refractivity contribution < 1.29 is 4.74 Å². The van der Waals surface area contributed by atoms with E-state index in [0.717, 1.165) is 19.1 Å². The van der Waals surface area contributed by atoms with Gasteiger partial charge in [-0.2, -0.15) is 0 Å². The molecule has 0 saturated carbocycles. The predicted molar refractivity (Wildman–Crippen MR) is 69.2 cm³/mol. The monoisotopic (exact) mass is 231 g/mol. The second-order valence-corrected chi connectivity index (χ2v) is 5.93. The van der Waals surface area contributed by atoms with Gasteiger partial charge in [0.25, 0.3) is 0 Å². The van der Waals surface area contributed by atoms with E-state index in [1.54, 1.807) is 0 Å². The third kappa shape index (κ3) is 2.38. The lowest BCUT2D eigenvalue weighted by Crippen LogP contribution is -2.48. The lowest BCUT2D eigenvalue weighted by molar-refractivity contribution is -0.113. The van der Waals surface area contributed by atoms with Gasteiger partial charge in [0.05, 0.1) is 13.2 Å². The molecule has 2 heteroatoms. The van der Waals surface area contributed by atoms with Crippen molar-refractivity contribution in [1.29, 1.82) is 0 Å². The zero-order valence-electron chi connectivity index (χ0n) is 10.6. The smallest absolute Gasteiger partial charge is 0.0554 e. The zero-order valence-corrected chi connectivity index (χ0v) is 10.6. The lowest BCUT2D eigenvalue weighted by atomic mass is 9.88. The highest BCUT2D eigenvalue weighted by Crippen LogP contribution is 2.32. The molecule has 0 radical (unpaired) electrons. The second-order valence-electron chi connectivity index (χ2n) is 5.93. The highest BCUT2D eigenvalue weighted by Gasteiger charge is 2.37. The normalized spacial score (nSPS) is 27.9. The van der Waals surface area contributed by atoms with Crippen LogP contribution in [0.5, 0.6) is 0 Å². The average Bonchev–Trinajstić information content (AvgIpc) is 2.77. The van der Waals surface area contributed by atoms with E-state index in [9.17, 15) is 0 Å². The van der Waals surface area contributed by atoms with Crippen LogP contribution in [0.25, 0.3) is 0 Å². The molecule has 17 heavy (non-hydrogen) atoms. The molecule has 3 rings (SSSR count). The summed E-state index contributed by atoms with van der Waals surface area (Å²) in [5.41, 5.74) is 1.93. The van der Waals surface area contributed by atoms with E-state index in [1.165, 1.54) is 31.6 Å². The van der Waals surface area contributed by atoms with Gasteiger partial charge < -0.3 is 9.64 Å². The van der Waals surface area contributed by atoms with Gasteiger partial charge in [-0.1, -0.05) is 37.3 Å². The Labute approximate surface area is 104 Å². The molecule has 2 saturated heterocycles. The summed E-state index contributed by atoms with van der Waals surface area (Å²) in [6, 6.07) is 10.9. The molecule has 0 unspecified atom stereocenters. The fourth-order valence-electron chi connectivity index (χ4n) is 3.06. The van der Waals surface area contributed by atoms with Crippen molar-refractivity contribution in [2.45, 2.75) is 19.3 Å². The van der Waals surface area contributed by atoms with Crippen molar-refractivity contribution in [3.05, 3.63) is 35.9 Å². The molecule has 2 nitrogen and oxygen atoms in total. The summed E-state index contributed by atoms with van der Waals surface area (Å²) in [5, 5.41) is 0. The minimum absolute atomic E-state index is 0.422. The zero-order chi connectivity index (χ0) is 11.7. The Hall–Kier alpha value is -0.860. The molecule has 0 bridgehead atoms. The van der Waals surface area contributed by atoms with Crippen molar-refractivity contribution in [3.8, 4) is 0 Å². The lowest BCUT2D eigenvalue weighted by Gasteiger charge is -2.40. The Morgan fingerprint density at radius 2 is 2.06 bits per heavy atom. The predicted octanol–water partition coefficient (Wildman–Crippen LogP) is 2.51. The van der Waals surface area contributed by atoms with Gasteiger partial charge >= 0.3 is 0 Å². The minimum Gasteiger partial charge on any atom is -0.380 e. The molecule has 2 heterocycles. The fourth-order valence-corrected chi connectivity index (χ4v) is 3.06. The summed E-state index contributed by atoms with van der Waals surface area (Å²) in [5.74, 6) is 0.737. The molecule has 92 valence electrons. The molecule has 1 aromatic carbocycles. The highest BCUT2D eigenvalue weighted by molar-refractivity contribution is 5.21. The standard InChI is InChI=1S/C15H21NO/c1-15(11-17-12-15)10-16-8-7-14(9-16)13-5-3-2-4-6-13/h2-6,14H,7-12H2,1H3/t14-/m1/s1. The van der Waals surface area contributed by atoms with E-state index in [4.69, 9.17) is 4.74 Å². The summed E-state index contributed by atoms with van der Waals surface area (Å²) in [4.78, 5) is 2.61. The van der Waals surface area contributed by atoms with Crippen molar-refractivity contribution in [2.75, 3.05) is 32.8 Å². The number of nitrogens with zero attached hydrogens (tertiary/aromatic N) is 1. The summed E-state index contributed by atoms with van der Waals surface area (Å²) < 4.78 is 5.33.